The molecule has 0 atom stereocenters. The van der Waals surface area contributed by atoms with Crippen LogP contribution in [0.3, 0.4) is 0 Å². The number of hydrogen-bond acceptors (Lipinski definition) is 5. The van der Waals surface area contributed by atoms with Crippen LogP contribution in [0.4, 0.5) is 0 Å². The number of carboxylic acids is 1. The molecule has 10 heteroatoms. The zero-order valence-electron chi connectivity index (χ0n) is 10.9. The molecule has 21 heavy (non-hydrogen) atoms. The summed E-state index contributed by atoms with van der Waals surface area (Å²) >= 11 is 3.13. The molecule has 0 aliphatic rings. The first-order valence-corrected chi connectivity index (χ1v) is 7.75. The normalized spacial score (nSPS) is 11.4. The lowest BCUT2D eigenvalue weighted by atomic mass is 10.3. The van der Waals surface area contributed by atoms with Crippen molar-refractivity contribution >= 4 is 37.8 Å². The topological polar surface area (TPSA) is 127 Å². The van der Waals surface area contributed by atoms with Crippen molar-refractivity contribution in [1.29, 1.82) is 0 Å². The molecular weight excluding hydrogens is 368 g/mol. The lowest BCUT2D eigenvalue weighted by Gasteiger charge is -2.19. The Labute approximate surface area is 129 Å². The van der Waals surface area contributed by atoms with Crippen molar-refractivity contribution in [2.45, 2.75) is 4.90 Å². The summed E-state index contributed by atoms with van der Waals surface area (Å²) < 4.78 is 30.5. The Bertz CT molecular complexity index is 645. The fourth-order valence-electron chi connectivity index (χ4n) is 1.51. The molecule has 1 aromatic carbocycles. The highest BCUT2D eigenvalue weighted by Gasteiger charge is 2.28. The number of nitrogens with zero attached hydrogens (tertiary/aromatic N) is 1. The van der Waals surface area contributed by atoms with Gasteiger partial charge in [-0.25, -0.2) is 8.42 Å². The largest absolute Gasteiger partial charge is 0.496 e. The summed E-state index contributed by atoms with van der Waals surface area (Å²) in [6.45, 7) is -1.59. The number of primary amides is 1. The van der Waals surface area contributed by atoms with Gasteiger partial charge in [0.25, 0.3) is 0 Å². The number of nitrogens with two attached hydrogens (primary N) is 1. The Morgan fingerprint density at radius 2 is 2.00 bits per heavy atom. The lowest BCUT2D eigenvalue weighted by molar-refractivity contribution is -0.137. The Hall–Kier alpha value is -1.65. The van der Waals surface area contributed by atoms with Crippen LogP contribution in [0.5, 0.6) is 5.75 Å². The van der Waals surface area contributed by atoms with E-state index in [0.29, 0.717) is 14.5 Å². The van der Waals surface area contributed by atoms with Gasteiger partial charge in [0.1, 0.15) is 12.3 Å². The highest BCUT2D eigenvalue weighted by Crippen LogP contribution is 2.28. The maximum absolute atomic E-state index is 12.3. The van der Waals surface area contributed by atoms with E-state index in [1.54, 1.807) is 0 Å². The summed E-state index contributed by atoms with van der Waals surface area (Å²) in [5.74, 6) is -1.94. The average molecular weight is 381 g/mol. The van der Waals surface area contributed by atoms with E-state index < -0.39 is 35.0 Å². The fraction of sp³-hybridized carbons (Fsp3) is 0.273. The fourth-order valence-corrected chi connectivity index (χ4v) is 3.58. The predicted molar refractivity (Wildman–Crippen MR) is 76.3 cm³/mol. The molecule has 1 rings (SSSR count). The molecule has 8 nitrogen and oxygen atoms in total. The van der Waals surface area contributed by atoms with E-state index >= 15 is 0 Å². The second kappa shape index (κ2) is 6.87. The van der Waals surface area contributed by atoms with Crippen molar-refractivity contribution in [1.82, 2.24) is 4.31 Å². The van der Waals surface area contributed by atoms with Gasteiger partial charge in [-0.15, -0.1) is 0 Å². The maximum Gasteiger partial charge on any atom is 0.318 e. The zero-order chi connectivity index (χ0) is 16.2. The number of ether oxygens (including phenoxy) is 1. The van der Waals surface area contributed by atoms with Gasteiger partial charge in [0.15, 0.2) is 0 Å². The minimum absolute atomic E-state index is 0.183. The molecule has 3 N–H and O–H groups in total. The standard InChI is InChI=1S/C11H13BrN2O6S/c1-20-9-3-2-7(4-8(9)12)21(18,19)14(5-10(13)15)6-11(16)17/h2-4H,5-6H2,1H3,(H2,13,15)(H,16,17). The second-order valence-electron chi connectivity index (χ2n) is 3.93. The monoisotopic (exact) mass is 380 g/mol. The lowest BCUT2D eigenvalue weighted by Crippen LogP contribution is -2.41. The Morgan fingerprint density at radius 1 is 1.38 bits per heavy atom. The third-order valence-electron chi connectivity index (χ3n) is 2.40. The van der Waals surface area contributed by atoms with Gasteiger partial charge >= 0.3 is 5.97 Å². The van der Waals surface area contributed by atoms with E-state index in [1.165, 1.54) is 25.3 Å². The second-order valence-corrected chi connectivity index (χ2v) is 6.72. The highest BCUT2D eigenvalue weighted by atomic mass is 79.9. The number of hydrogen-bond donors (Lipinski definition) is 2. The molecule has 0 aliphatic carbocycles. The van der Waals surface area contributed by atoms with Crippen LogP contribution < -0.4 is 10.5 Å². The molecule has 0 fully saturated rings. The Balaban J connectivity index is 3.24. The molecule has 0 saturated heterocycles. The number of carbonyl (C=O) groups is 2. The minimum atomic E-state index is -4.17. The molecule has 0 saturated carbocycles. The molecule has 0 unspecified atom stereocenters. The predicted octanol–water partition coefficient (Wildman–Crippen LogP) is 0.0183. The third kappa shape index (κ3) is 4.41. The molecule has 1 amide bonds. The van der Waals surface area contributed by atoms with Gasteiger partial charge in [-0.05, 0) is 34.1 Å². The molecule has 0 aliphatic heterocycles. The number of halogens is 1. The van der Waals surface area contributed by atoms with Crippen LogP contribution in [0.25, 0.3) is 0 Å². The Morgan fingerprint density at radius 3 is 2.43 bits per heavy atom. The summed E-state index contributed by atoms with van der Waals surface area (Å²) in [6, 6.07) is 3.90. The number of benzene rings is 1. The summed E-state index contributed by atoms with van der Waals surface area (Å²) in [5, 5.41) is 8.76. The Kier molecular flexibility index (Phi) is 5.70. The summed E-state index contributed by atoms with van der Waals surface area (Å²) in [5.41, 5.74) is 4.95. The van der Waals surface area contributed by atoms with Gasteiger partial charge in [-0.2, -0.15) is 4.31 Å². The van der Waals surface area contributed by atoms with Crippen LogP contribution in [0.2, 0.25) is 0 Å². The molecule has 1 aromatic rings. The van der Waals surface area contributed by atoms with Gasteiger partial charge in [0.2, 0.25) is 15.9 Å². The molecule has 0 aromatic heterocycles. The zero-order valence-corrected chi connectivity index (χ0v) is 13.3. The number of carboxylic acid groups (broad SMARTS) is 1. The van der Waals surface area contributed by atoms with Crippen LogP contribution in [0, 0.1) is 0 Å². The van der Waals surface area contributed by atoms with Gasteiger partial charge in [0.05, 0.1) is 23.0 Å². The van der Waals surface area contributed by atoms with Gasteiger partial charge in [-0.3, -0.25) is 9.59 Å². The highest BCUT2D eigenvalue weighted by molar-refractivity contribution is 9.10. The van der Waals surface area contributed by atoms with Crippen LogP contribution >= 0.6 is 15.9 Å². The first kappa shape index (κ1) is 17.4. The van der Waals surface area contributed by atoms with Crippen molar-refractivity contribution < 1.29 is 27.9 Å². The van der Waals surface area contributed by atoms with Crippen LogP contribution in [0.1, 0.15) is 0 Å². The number of aliphatic carboxylic acids is 1. The van der Waals surface area contributed by atoms with Crippen molar-refractivity contribution in [3.63, 3.8) is 0 Å². The van der Waals surface area contributed by atoms with Gasteiger partial charge < -0.3 is 15.6 Å². The smallest absolute Gasteiger partial charge is 0.318 e. The van der Waals surface area contributed by atoms with E-state index in [-0.39, 0.29) is 4.90 Å². The SMILES string of the molecule is COc1ccc(S(=O)(=O)N(CC(N)=O)CC(=O)O)cc1Br. The number of rotatable bonds is 7. The third-order valence-corrected chi connectivity index (χ3v) is 4.81. The number of sulfonamides is 1. The van der Waals surface area contributed by atoms with E-state index in [9.17, 15) is 18.0 Å². The molecule has 0 bridgehead atoms. The van der Waals surface area contributed by atoms with E-state index in [0.717, 1.165) is 0 Å². The summed E-state index contributed by atoms with van der Waals surface area (Å²) in [4.78, 5) is 21.5. The maximum atomic E-state index is 12.3. The van der Waals surface area contributed by atoms with Crippen molar-refractivity contribution in [2.24, 2.45) is 5.73 Å². The first-order valence-electron chi connectivity index (χ1n) is 5.52. The van der Waals surface area contributed by atoms with Crippen LogP contribution in [0.15, 0.2) is 27.6 Å². The molecule has 0 radical (unpaired) electrons. The van der Waals surface area contributed by atoms with Crippen LogP contribution in [-0.2, 0) is 19.6 Å². The number of methoxy groups -OCH3 is 1. The first-order chi connectivity index (χ1) is 9.68. The number of amides is 1. The summed E-state index contributed by atoms with van der Waals surface area (Å²) in [7, 11) is -2.76. The number of carbonyl (C=O) groups excluding carboxylic acids is 1. The molecular formula is C11H13BrN2O6S. The van der Waals surface area contributed by atoms with Crippen LogP contribution in [-0.4, -0.2) is 49.9 Å². The molecule has 0 spiro atoms. The van der Waals surface area contributed by atoms with Crippen molar-refractivity contribution in [3.8, 4) is 5.75 Å². The van der Waals surface area contributed by atoms with E-state index in [1.807, 2.05) is 0 Å². The summed E-state index contributed by atoms with van der Waals surface area (Å²) in [6.07, 6.45) is 0. The van der Waals surface area contributed by atoms with Gasteiger partial charge in [0, 0.05) is 0 Å². The van der Waals surface area contributed by atoms with Gasteiger partial charge in [-0.1, -0.05) is 0 Å². The molecule has 0 heterocycles. The molecule has 116 valence electrons. The van der Waals surface area contributed by atoms with E-state index in [2.05, 4.69) is 15.9 Å². The van der Waals surface area contributed by atoms with Crippen molar-refractivity contribution in [3.05, 3.63) is 22.7 Å². The quantitative estimate of drug-likeness (QED) is 0.686. The van der Waals surface area contributed by atoms with E-state index in [4.69, 9.17) is 15.6 Å². The van der Waals surface area contributed by atoms with Crippen molar-refractivity contribution in [2.75, 3.05) is 20.2 Å². The minimum Gasteiger partial charge on any atom is -0.496 e. The average Bonchev–Trinajstić information content (AvgIpc) is 2.36.